The van der Waals surface area contributed by atoms with E-state index >= 15 is 0 Å². The summed E-state index contributed by atoms with van der Waals surface area (Å²) < 4.78 is 63.4. The van der Waals surface area contributed by atoms with Gasteiger partial charge < -0.3 is 4.90 Å². The van der Waals surface area contributed by atoms with Gasteiger partial charge in [-0.1, -0.05) is 30.3 Å². The van der Waals surface area contributed by atoms with Gasteiger partial charge in [-0.2, -0.15) is 13.2 Å². The minimum absolute atomic E-state index is 0.318. The maximum absolute atomic E-state index is 12.8. The van der Waals surface area contributed by atoms with E-state index in [-0.39, 0.29) is 5.91 Å². The lowest BCUT2D eigenvalue weighted by atomic mass is 9.90. The van der Waals surface area contributed by atoms with Crippen molar-refractivity contribution >= 4 is 15.9 Å². The molecule has 1 aliphatic heterocycles. The molecule has 5 nitrogen and oxygen atoms in total. The molecule has 0 fully saturated rings. The van der Waals surface area contributed by atoms with Crippen molar-refractivity contribution in [1.29, 1.82) is 0 Å². The summed E-state index contributed by atoms with van der Waals surface area (Å²) >= 11 is 0. The van der Waals surface area contributed by atoms with Crippen LogP contribution in [0.15, 0.2) is 42.5 Å². The topological polar surface area (TPSA) is 66.5 Å². The Balaban J connectivity index is 1.83. The molecular formula is C20H21F3N2O3S. The number of alkyl halides is 3. The van der Waals surface area contributed by atoms with E-state index in [9.17, 15) is 26.4 Å². The number of hydrogen-bond acceptors (Lipinski definition) is 3. The van der Waals surface area contributed by atoms with Gasteiger partial charge in [-0.05, 0) is 47.7 Å². The van der Waals surface area contributed by atoms with Gasteiger partial charge in [0.25, 0.3) is 0 Å². The van der Waals surface area contributed by atoms with Crippen LogP contribution in [-0.4, -0.2) is 38.1 Å². The van der Waals surface area contributed by atoms with Crippen molar-refractivity contribution in [2.24, 2.45) is 0 Å². The van der Waals surface area contributed by atoms with Crippen LogP contribution in [0, 0.1) is 0 Å². The van der Waals surface area contributed by atoms with Crippen LogP contribution in [0.5, 0.6) is 0 Å². The van der Waals surface area contributed by atoms with Crippen LogP contribution in [0.2, 0.25) is 0 Å². The van der Waals surface area contributed by atoms with E-state index in [1.807, 2.05) is 12.1 Å². The predicted octanol–water partition coefficient (Wildman–Crippen LogP) is 3.19. The Morgan fingerprint density at radius 2 is 1.79 bits per heavy atom. The monoisotopic (exact) mass is 426 g/mol. The third-order valence-corrected chi connectivity index (χ3v) is 5.64. The van der Waals surface area contributed by atoms with Gasteiger partial charge in [0.2, 0.25) is 15.9 Å². The molecule has 9 heteroatoms. The van der Waals surface area contributed by atoms with Crippen molar-refractivity contribution in [1.82, 2.24) is 9.62 Å². The molecule has 156 valence electrons. The van der Waals surface area contributed by atoms with Crippen molar-refractivity contribution in [3.05, 3.63) is 59.2 Å². The number of nitrogens with one attached hydrogen (secondary N) is 1. The Morgan fingerprint density at radius 3 is 2.38 bits per heavy atom. The van der Waals surface area contributed by atoms with Gasteiger partial charge in [0.1, 0.15) is 0 Å². The highest BCUT2D eigenvalue weighted by molar-refractivity contribution is 7.88. The maximum atomic E-state index is 12.8. The van der Waals surface area contributed by atoms with E-state index in [1.165, 1.54) is 19.1 Å². The van der Waals surface area contributed by atoms with Crippen LogP contribution in [0.4, 0.5) is 13.2 Å². The average molecular weight is 426 g/mol. The molecule has 1 atom stereocenters. The molecule has 0 spiro atoms. The van der Waals surface area contributed by atoms with Crippen molar-refractivity contribution in [2.45, 2.75) is 32.1 Å². The first-order valence-electron chi connectivity index (χ1n) is 9.00. The molecular weight excluding hydrogens is 405 g/mol. The fourth-order valence-corrected chi connectivity index (χ4v) is 4.30. The van der Waals surface area contributed by atoms with Crippen LogP contribution in [-0.2, 0) is 34.0 Å². The van der Waals surface area contributed by atoms with E-state index in [4.69, 9.17) is 0 Å². The van der Waals surface area contributed by atoms with Crippen LogP contribution in [0.1, 0.15) is 23.6 Å². The Bertz CT molecular complexity index is 1020. The summed E-state index contributed by atoms with van der Waals surface area (Å²) in [4.78, 5) is 14.1. The average Bonchev–Trinajstić information content (AvgIpc) is 2.64. The largest absolute Gasteiger partial charge is 0.416 e. The summed E-state index contributed by atoms with van der Waals surface area (Å²) in [6, 6.07) is 9.69. The number of amides is 1. The van der Waals surface area contributed by atoms with Crippen molar-refractivity contribution in [2.75, 3.05) is 12.8 Å². The van der Waals surface area contributed by atoms with Gasteiger partial charge in [0, 0.05) is 13.1 Å². The van der Waals surface area contributed by atoms with Gasteiger partial charge >= 0.3 is 6.18 Å². The predicted molar refractivity (Wildman–Crippen MR) is 103 cm³/mol. The molecule has 1 N–H and O–H groups in total. The lowest BCUT2D eigenvalue weighted by Gasteiger charge is -2.32. The lowest BCUT2D eigenvalue weighted by Crippen LogP contribution is -2.48. The molecule has 0 bridgehead atoms. The van der Waals surface area contributed by atoms with Crippen LogP contribution in [0.25, 0.3) is 11.1 Å². The number of nitrogens with zero attached hydrogens (tertiary/aromatic N) is 1. The molecule has 29 heavy (non-hydrogen) atoms. The summed E-state index contributed by atoms with van der Waals surface area (Å²) in [7, 11) is -3.50. The quantitative estimate of drug-likeness (QED) is 0.817. The van der Waals surface area contributed by atoms with Crippen molar-refractivity contribution in [3.63, 3.8) is 0 Å². The first-order valence-corrected chi connectivity index (χ1v) is 10.9. The standard InChI is InChI=1S/C20H21F3N2O3S/c1-13(24-29(2,27)28)19(26)25-11-10-18-15(12-25)4-3-5-17(18)14-6-8-16(9-7-14)20(21,22)23/h3-9,13,24H,10-12H2,1-2H3/t13-/m1/s1. The van der Waals surface area contributed by atoms with E-state index in [1.54, 1.807) is 11.0 Å². The molecule has 3 rings (SSSR count). The lowest BCUT2D eigenvalue weighted by molar-refractivity contribution is -0.137. The van der Waals surface area contributed by atoms with E-state index in [2.05, 4.69) is 4.72 Å². The zero-order chi connectivity index (χ0) is 21.4. The number of rotatable bonds is 4. The number of hydrogen-bond donors (Lipinski definition) is 1. The van der Waals surface area contributed by atoms with Crippen LogP contribution in [0.3, 0.4) is 0 Å². The molecule has 0 aromatic heterocycles. The second-order valence-electron chi connectivity index (χ2n) is 7.14. The fourth-order valence-electron chi connectivity index (χ4n) is 3.55. The maximum Gasteiger partial charge on any atom is 0.416 e. The number of benzene rings is 2. The summed E-state index contributed by atoms with van der Waals surface area (Å²) in [5.41, 5.74) is 2.70. The molecule has 0 saturated heterocycles. The summed E-state index contributed by atoms with van der Waals surface area (Å²) in [5.74, 6) is -0.319. The Labute approximate surface area is 167 Å². The molecule has 0 saturated carbocycles. The van der Waals surface area contributed by atoms with E-state index < -0.39 is 27.8 Å². The van der Waals surface area contributed by atoms with Gasteiger partial charge in [-0.15, -0.1) is 0 Å². The summed E-state index contributed by atoms with van der Waals surface area (Å²) in [5, 5.41) is 0. The minimum Gasteiger partial charge on any atom is -0.337 e. The van der Waals surface area contributed by atoms with E-state index in [0.29, 0.717) is 25.1 Å². The Kier molecular flexibility index (Phi) is 5.73. The zero-order valence-electron chi connectivity index (χ0n) is 16.0. The molecule has 1 amide bonds. The third kappa shape index (κ3) is 4.97. The van der Waals surface area contributed by atoms with Crippen molar-refractivity contribution in [3.8, 4) is 11.1 Å². The zero-order valence-corrected chi connectivity index (χ0v) is 16.8. The van der Waals surface area contributed by atoms with E-state index in [0.717, 1.165) is 35.1 Å². The molecule has 0 radical (unpaired) electrons. The number of carbonyl (C=O) groups excluding carboxylic acids is 1. The highest BCUT2D eigenvalue weighted by Gasteiger charge is 2.30. The van der Waals surface area contributed by atoms with Gasteiger partial charge in [0.05, 0.1) is 17.9 Å². The second-order valence-corrected chi connectivity index (χ2v) is 8.92. The summed E-state index contributed by atoms with van der Waals surface area (Å²) in [6.45, 7) is 2.22. The summed E-state index contributed by atoms with van der Waals surface area (Å²) in [6.07, 6.45) is -2.85. The molecule has 1 heterocycles. The van der Waals surface area contributed by atoms with Gasteiger partial charge in [-0.25, -0.2) is 13.1 Å². The molecule has 2 aromatic carbocycles. The third-order valence-electron chi connectivity index (χ3n) is 4.86. The molecule has 1 aliphatic rings. The fraction of sp³-hybridized carbons (Fsp3) is 0.350. The number of carbonyl (C=O) groups is 1. The SMILES string of the molecule is C[C@@H](NS(C)(=O)=O)C(=O)N1CCc2c(cccc2-c2ccc(C(F)(F)F)cc2)C1. The smallest absolute Gasteiger partial charge is 0.337 e. The molecule has 2 aromatic rings. The highest BCUT2D eigenvalue weighted by Crippen LogP contribution is 2.34. The normalized spacial score (nSPS) is 15.7. The highest BCUT2D eigenvalue weighted by atomic mass is 32.2. The Morgan fingerprint density at radius 1 is 1.14 bits per heavy atom. The first-order chi connectivity index (χ1) is 13.5. The number of sulfonamides is 1. The minimum atomic E-state index is -4.38. The molecule has 0 aliphatic carbocycles. The number of fused-ring (bicyclic) bond motifs is 1. The van der Waals surface area contributed by atoms with Gasteiger partial charge in [-0.3, -0.25) is 4.79 Å². The Hall–Kier alpha value is -2.39. The van der Waals surface area contributed by atoms with Crippen LogP contribution < -0.4 is 4.72 Å². The van der Waals surface area contributed by atoms with Crippen LogP contribution >= 0.6 is 0 Å². The van der Waals surface area contributed by atoms with Crippen molar-refractivity contribution < 1.29 is 26.4 Å². The molecule has 0 unspecified atom stereocenters. The van der Waals surface area contributed by atoms with Gasteiger partial charge in [0.15, 0.2) is 0 Å². The first kappa shape index (κ1) is 21.3. The second kappa shape index (κ2) is 7.79. The number of halogens is 3.